The third-order valence-corrected chi connectivity index (χ3v) is 6.20. The van der Waals surface area contributed by atoms with Crippen molar-refractivity contribution in [2.45, 2.75) is 26.7 Å². The number of aromatic nitrogens is 1. The van der Waals surface area contributed by atoms with Crippen LogP contribution in [0.15, 0.2) is 47.5 Å². The van der Waals surface area contributed by atoms with E-state index in [0.29, 0.717) is 11.1 Å². The molecule has 7 heteroatoms. The van der Waals surface area contributed by atoms with Crippen molar-refractivity contribution in [2.24, 2.45) is 16.6 Å². The van der Waals surface area contributed by atoms with Gasteiger partial charge in [0.2, 0.25) is 0 Å². The van der Waals surface area contributed by atoms with Gasteiger partial charge in [-0.1, -0.05) is 60.7 Å². The van der Waals surface area contributed by atoms with Crippen LogP contribution in [0.2, 0.25) is 5.02 Å². The Morgan fingerprint density at radius 2 is 2.04 bits per heavy atom. The molecule has 0 radical (unpaired) electrons. The zero-order valence-electron chi connectivity index (χ0n) is 16.1. The van der Waals surface area contributed by atoms with E-state index in [-0.39, 0.29) is 0 Å². The molecule has 0 aliphatic heterocycles. The maximum absolute atomic E-state index is 6.03. The summed E-state index contributed by atoms with van der Waals surface area (Å²) in [6.07, 6.45) is 2.06. The number of rotatable bonds is 8. The molecule has 3 aromatic rings. The molecule has 0 saturated carbocycles. The second-order valence-electron chi connectivity index (χ2n) is 6.96. The van der Waals surface area contributed by atoms with E-state index in [1.807, 2.05) is 30.3 Å². The lowest BCUT2D eigenvalue weighted by molar-refractivity contribution is 0.632. The summed E-state index contributed by atoms with van der Waals surface area (Å²) in [7, 11) is 0. The summed E-state index contributed by atoms with van der Waals surface area (Å²) in [6, 6.07) is 14.0. The Morgan fingerprint density at radius 1 is 1.25 bits per heavy atom. The molecule has 0 fully saturated rings. The third-order valence-electron chi connectivity index (χ3n) is 4.16. The number of anilines is 1. The molecule has 0 aliphatic carbocycles. The standard InChI is InChI=1S/C21H25ClN4S2/c1-14(2)10-12-27-20(23)25-17-6-3-15(4-7-17)9-11-24-21-26-18-8-5-16(22)13-19(18)28-21/h3-8,13-14H,9-12H2,1-2H3,(H2,23,25)(H,24,26). The third kappa shape index (κ3) is 6.40. The average Bonchev–Trinajstić information content (AvgIpc) is 3.04. The predicted molar refractivity (Wildman–Crippen MR) is 126 cm³/mol. The summed E-state index contributed by atoms with van der Waals surface area (Å²) in [5.74, 6) is 1.70. The van der Waals surface area contributed by atoms with Crippen LogP contribution in [0.1, 0.15) is 25.8 Å². The van der Waals surface area contributed by atoms with E-state index in [2.05, 4.69) is 41.3 Å². The first-order valence-electron chi connectivity index (χ1n) is 9.35. The van der Waals surface area contributed by atoms with Gasteiger partial charge in [-0.05, 0) is 54.7 Å². The van der Waals surface area contributed by atoms with Gasteiger partial charge in [-0.2, -0.15) is 0 Å². The summed E-state index contributed by atoms with van der Waals surface area (Å²) in [4.78, 5) is 9.06. The number of benzene rings is 2. The SMILES string of the molecule is CC(C)CCSC(N)=Nc1ccc(CCNc2nc3ccc(Cl)cc3s2)cc1. The van der Waals surface area contributed by atoms with Crippen LogP contribution in [0.5, 0.6) is 0 Å². The van der Waals surface area contributed by atoms with Crippen LogP contribution >= 0.6 is 34.7 Å². The Balaban J connectivity index is 1.48. The Morgan fingerprint density at radius 3 is 2.79 bits per heavy atom. The minimum absolute atomic E-state index is 0.631. The molecule has 3 N–H and O–H groups in total. The molecule has 28 heavy (non-hydrogen) atoms. The zero-order chi connectivity index (χ0) is 19.9. The molecule has 0 bridgehead atoms. The van der Waals surface area contributed by atoms with Crippen LogP contribution in [0.4, 0.5) is 10.8 Å². The highest BCUT2D eigenvalue weighted by Crippen LogP contribution is 2.28. The maximum atomic E-state index is 6.03. The minimum atomic E-state index is 0.631. The smallest absolute Gasteiger partial charge is 0.183 e. The molecule has 0 spiro atoms. The fourth-order valence-electron chi connectivity index (χ4n) is 2.58. The number of halogens is 1. The number of thiazole rings is 1. The van der Waals surface area contributed by atoms with Gasteiger partial charge in [-0.25, -0.2) is 9.98 Å². The number of hydrogen-bond donors (Lipinski definition) is 2. The first kappa shape index (κ1) is 21.0. The highest BCUT2D eigenvalue weighted by atomic mass is 35.5. The molecule has 0 unspecified atom stereocenters. The average molecular weight is 433 g/mol. The first-order chi connectivity index (χ1) is 13.5. The molecule has 0 amide bonds. The molecule has 0 saturated heterocycles. The van der Waals surface area contributed by atoms with Crippen LogP contribution in [0, 0.1) is 5.92 Å². The lowest BCUT2D eigenvalue weighted by Crippen LogP contribution is -2.07. The Hall–Kier alpha value is -1.76. The fraction of sp³-hybridized carbons (Fsp3) is 0.333. The van der Waals surface area contributed by atoms with Gasteiger partial charge in [-0.3, -0.25) is 0 Å². The molecule has 0 atom stereocenters. The van der Waals surface area contributed by atoms with Crippen molar-refractivity contribution in [2.75, 3.05) is 17.6 Å². The van der Waals surface area contributed by atoms with Gasteiger partial charge in [0.15, 0.2) is 10.3 Å². The van der Waals surface area contributed by atoms with E-state index in [1.54, 1.807) is 23.1 Å². The zero-order valence-corrected chi connectivity index (χ0v) is 18.5. The summed E-state index contributed by atoms with van der Waals surface area (Å²) >= 11 is 9.28. The van der Waals surface area contributed by atoms with Gasteiger partial charge >= 0.3 is 0 Å². The van der Waals surface area contributed by atoms with Gasteiger partial charge in [-0.15, -0.1) is 0 Å². The Labute approximate surface area is 179 Å². The van der Waals surface area contributed by atoms with E-state index >= 15 is 0 Å². The molecule has 3 rings (SSSR count). The van der Waals surface area contributed by atoms with E-state index < -0.39 is 0 Å². The molecule has 2 aromatic carbocycles. The highest BCUT2D eigenvalue weighted by Gasteiger charge is 2.04. The number of nitrogens with one attached hydrogen (secondary N) is 1. The van der Waals surface area contributed by atoms with E-state index in [1.165, 1.54) is 5.56 Å². The van der Waals surface area contributed by atoms with Crippen LogP contribution in [0.25, 0.3) is 10.2 Å². The second kappa shape index (κ2) is 10.1. The van der Waals surface area contributed by atoms with Crippen LogP contribution < -0.4 is 11.1 Å². The van der Waals surface area contributed by atoms with Gasteiger partial charge in [0.1, 0.15) is 0 Å². The van der Waals surface area contributed by atoms with Crippen molar-refractivity contribution in [3.8, 4) is 0 Å². The summed E-state index contributed by atoms with van der Waals surface area (Å²) < 4.78 is 1.10. The Kier molecular flexibility index (Phi) is 7.59. The number of thioether (sulfide) groups is 1. The van der Waals surface area contributed by atoms with Crippen molar-refractivity contribution < 1.29 is 0 Å². The van der Waals surface area contributed by atoms with Crippen molar-refractivity contribution in [3.05, 3.63) is 53.1 Å². The van der Waals surface area contributed by atoms with Crippen LogP contribution in [-0.2, 0) is 6.42 Å². The number of fused-ring (bicyclic) bond motifs is 1. The van der Waals surface area contributed by atoms with Gasteiger partial charge in [0.05, 0.1) is 15.9 Å². The molecule has 1 heterocycles. The van der Waals surface area contributed by atoms with Crippen molar-refractivity contribution in [3.63, 3.8) is 0 Å². The minimum Gasteiger partial charge on any atom is -0.378 e. The lowest BCUT2D eigenvalue weighted by atomic mass is 10.1. The number of hydrogen-bond acceptors (Lipinski definition) is 5. The largest absolute Gasteiger partial charge is 0.378 e. The predicted octanol–water partition coefficient (Wildman–Crippen LogP) is 6.33. The molecule has 4 nitrogen and oxygen atoms in total. The van der Waals surface area contributed by atoms with Gasteiger partial charge in [0, 0.05) is 17.3 Å². The van der Waals surface area contributed by atoms with E-state index in [9.17, 15) is 0 Å². The topological polar surface area (TPSA) is 63.3 Å². The lowest BCUT2D eigenvalue weighted by Gasteiger charge is -2.05. The van der Waals surface area contributed by atoms with Crippen molar-refractivity contribution in [1.29, 1.82) is 0 Å². The Bertz CT molecular complexity index is 935. The molecular formula is C21H25ClN4S2. The van der Waals surface area contributed by atoms with Crippen molar-refractivity contribution in [1.82, 2.24) is 4.98 Å². The second-order valence-corrected chi connectivity index (χ2v) is 9.54. The number of aliphatic imine (C=N–C) groups is 1. The number of nitrogens with two attached hydrogens (primary N) is 1. The number of amidine groups is 1. The number of nitrogens with zero attached hydrogens (tertiary/aromatic N) is 2. The van der Waals surface area contributed by atoms with E-state index in [0.717, 1.165) is 51.2 Å². The fourth-order valence-corrected chi connectivity index (χ4v) is 4.72. The summed E-state index contributed by atoms with van der Waals surface area (Å²) in [6.45, 7) is 5.26. The first-order valence-corrected chi connectivity index (χ1v) is 11.5. The monoisotopic (exact) mass is 432 g/mol. The quantitative estimate of drug-likeness (QED) is 0.322. The maximum Gasteiger partial charge on any atom is 0.183 e. The summed E-state index contributed by atoms with van der Waals surface area (Å²) in [5, 5.41) is 5.69. The summed E-state index contributed by atoms with van der Waals surface area (Å²) in [5.41, 5.74) is 9.13. The highest BCUT2D eigenvalue weighted by molar-refractivity contribution is 8.13. The molecule has 148 valence electrons. The molecular weight excluding hydrogens is 408 g/mol. The van der Waals surface area contributed by atoms with Gasteiger partial charge < -0.3 is 11.1 Å². The normalized spacial score (nSPS) is 12.1. The molecule has 1 aromatic heterocycles. The van der Waals surface area contributed by atoms with Crippen LogP contribution in [0.3, 0.4) is 0 Å². The van der Waals surface area contributed by atoms with E-state index in [4.69, 9.17) is 17.3 Å². The van der Waals surface area contributed by atoms with Crippen LogP contribution in [-0.4, -0.2) is 22.4 Å². The van der Waals surface area contributed by atoms with Gasteiger partial charge in [0.25, 0.3) is 0 Å². The van der Waals surface area contributed by atoms with Crippen molar-refractivity contribution >= 4 is 60.9 Å². The molecule has 0 aliphatic rings.